The number of anilines is 1. The van der Waals surface area contributed by atoms with Gasteiger partial charge >= 0.3 is 5.97 Å². The Kier molecular flexibility index (Phi) is 4.57. The monoisotopic (exact) mass is 368 g/mol. The van der Waals surface area contributed by atoms with E-state index in [1.54, 1.807) is 10.9 Å². The van der Waals surface area contributed by atoms with Gasteiger partial charge in [-0.3, -0.25) is 4.79 Å². The number of carboxylic acid groups (broad SMARTS) is 1. The summed E-state index contributed by atoms with van der Waals surface area (Å²) in [6, 6.07) is 7.58. The van der Waals surface area contributed by atoms with E-state index in [-0.39, 0.29) is 12.0 Å². The lowest BCUT2D eigenvalue weighted by atomic mass is 10.1. The van der Waals surface area contributed by atoms with Gasteiger partial charge < -0.3 is 15.2 Å². The molecule has 2 heterocycles. The summed E-state index contributed by atoms with van der Waals surface area (Å²) in [5, 5.41) is 20.7. The third-order valence-corrected chi connectivity index (χ3v) is 4.70. The minimum absolute atomic E-state index is 0.0540. The summed E-state index contributed by atoms with van der Waals surface area (Å²) in [5.41, 5.74) is 1.99. The summed E-state index contributed by atoms with van der Waals surface area (Å²) < 4.78 is 7.11. The van der Waals surface area contributed by atoms with Crippen molar-refractivity contribution in [1.29, 1.82) is 0 Å². The van der Waals surface area contributed by atoms with Gasteiger partial charge in [0, 0.05) is 6.04 Å². The van der Waals surface area contributed by atoms with Crippen LogP contribution in [0.2, 0.25) is 0 Å². The second-order valence-electron chi connectivity index (χ2n) is 6.52. The second-order valence-corrected chi connectivity index (χ2v) is 6.52. The molecular weight excluding hydrogens is 348 g/mol. The van der Waals surface area contributed by atoms with E-state index < -0.39 is 5.97 Å². The lowest BCUT2D eigenvalue weighted by molar-refractivity contribution is -0.141. The van der Waals surface area contributed by atoms with Crippen molar-refractivity contribution in [3.63, 3.8) is 0 Å². The van der Waals surface area contributed by atoms with Crippen molar-refractivity contribution < 1.29 is 14.6 Å². The van der Waals surface area contributed by atoms with Crippen LogP contribution in [0.4, 0.5) is 5.95 Å². The maximum Gasteiger partial charge on any atom is 0.306 e. The van der Waals surface area contributed by atoms with Gasteiger partial charge in [0.15, 0.2) is 11.2 Å². The SMILES string of the molecule is CCOc1ccc(-n2nnc3cnc(N[C@@H]4CC[C@@H](C(=O)O)C4)nc32)cc1. The average Bonchev–Trinajstić information content (AvgIpc) is 3.30. The van der Waals surface area contributed by atoms with Gasteiger partial charge in [-0.2, -0.15) is 9.67 Å². The van der Waals surface area contributed by atoms with Crippen molar-refractivity contribution in [2.24, 2.45) is 5.92 Å². The highest BCUT2D eigenvalue weighted by molar-refractivity contribution is 5.72. The third kappa shape index (κ3) is 3.53. The molecule has 0 aliphatic heterocycles. The Morgan fingerprint density at radius 3 is 2.85 bits per heavy atom. The Labute approximate surface area is 155 Å². The summed E-state index contributed by atoms with van der Waals surface area (Å²) >= 11 is 0. The molecular formula is C18H20N6O3. The minimum Gasteiger partial charge on any atom is -0.494 e. The maximum atomic E-state index is 11.1. The van der Waals surface area contributed by atoms with E-state index in [0.717, 1.165) is 17.9 Å². The highest BCUT2D eigenvalue weighted by atomic mass is 16.5. The molecule has 0 spiro atoms. The number of aliphatic carboxylic acids is 1. The molecule has 0 saturated heterocycles. The molecule has 27 heavy (non-hydrogen) atoms. The predicted octanol–water partition coefficient (Wildman–Crippen LogP) is 2.27. The van der Waals surface area contributed by atoms with Crippen LogP contribution in [-0.4, -0.2) is 48.7 Å². The van der Waals surface area contributed by atoms with Gasteiger partial charge in [0.1, 0.15) is 5.75 Å². The number of benzene rings is 1. The van der Waals surface area contributed by atoms with Crippen LogP contribution in [0.15, 0.2) is 30.5 Å². The number of carbonyl (C=O) groups is 1. The topological polar surface area (TPSA) is 115 Å². The fourth-order valence-electron chi connectivity index (χ4n) is 3.34. The Morgan fingerprint density at radius 1 is 1.33 bits per heavy atom. The molecule has 1 saturated carbocycles. The van der Waals surface area contributed by atoms with E-state index in [1.807, 2.05) is 31.2 Å². The van der Waals surface area contributed by atoms with Crippen molar-refractivity contribution in [3.05, 3.63) is 30.5 Å². The van der Waals surface area contributed by atoms with Crippen molar-refractivity contribution >= 4 is 23.1 Å². The predicted molar refractivity (Wildman–Crippen MR) is 98.0 cm³/mol. The fraction of sp³-hybridized carbons (Fsp3) is 0.389. The third-order valence-electron chi connectivity index (χ3n) is 4.70. The van der Waals surface area contributed by atoms with Crippen LogP contribution in [0.1, 0.15) is 26.2 Å². The fourth-order valence-corrected chi connectivity index (χ4v) is 3.34. The van der Waals surface area contributed by atoms with Crippen LogP contribution >= 0.6 is 0 Å². The highest BCUT2D eigenvalue weighted by Crippen LogP contribution is 2.28. The van der Waals surface area contributed by atoms with Crippen molar-refractivity contribution in [3.8, 4) is 11.4 Å². The standard InChI is InChI=1S/C18H20N6O3/c1-2-27-14-7-5-13(6-8-14)24-16-15(22-23-24)10-19-18(21-16)20-12-4-3-11(9-12)17(25)26/h5-8,10-12H,2-4,9H2,1H3,(H,25,26)(H,19,20,21)/t11-,12-/m1/s1. The number of ether oxygens (including phenoxy) is 1. The molecule has 140 valence electrons. The molecule has 2 atom stereocenters. The maximum absolute atomic E-state index is 11.1. The second kappa shape index (κ2) is 7.18. The lowest BCUT2D eigenvalue weighted by Crippen LogP contribution is -2.19. The Morgan fingerprint density at radius 2 is 2.15 bits per heavy atom. The van der Waals surface area contributed by atoms with E-state index in [1.165, 1.54) is 0 Å². The van der Waals surface area contributed by atoms with Crippen molar-refractivity contribution in [1.82, 2.24) is 25.0 Å². The summed E-state index contributed by atoms with van der Waals surface area (Å²) in [5.74, 6) is 0.195. The highest BCUT2D eigenvalue weighted by Gasteiger charge is 2.30. The van der Waals surface area contributed by atoms with Gasteiger partial charge in [-0.1, -0.05) is 5.21 Å². The normalized spacial score (nSPS) is 19.3. The zero-order chi connectivity index (χ0) is 18.8. The van der Waals surface area contributed by atoms with E-state index in [9.17, 15) is 4.79 Å². The largest absolute Gasteiger partial charge is 0.494 e. The van der Waals surface area contributed by atoms with Crippen LogP contribution in [0.25, 0.3) is 16.9 Å². The summed E-state index contributed by atoms with van der Waals surface area (Å²) in [6.45, 7) is 2.55. The minimum atomic E-state index is -0.742. The molecule has 1 aliphatic carbocycles. The summed E-state index contributed by atoms with van der Waals surface area (Å²) in [7, 11) is 0. The molecule has 1 aromatic carbocycles. The first-order valence-corrected chi connectivity index (χ1v) is 8.95. The first-order chi connectivity index (χ1) is 13.1. The van der Waals surface area contributed by atoms with Gasteiger partial charge in [-0.25, -0.2) is 4.98 Å². The number of nitrogens with one attached hydrogen (secondary N) is 1. The molecule has 0 radical (unpaired) electrons. The van der Waals surface area contributed by atoms with Crippen LogP contribution in [0.5, 0.6) is 5.75 Å². The zero-order valence-corrected chi connectivity index (χ0v) is 14.9. The smallest absolute Gasteiger partial charge is 0.306 e. The molecule has 3 aromatic rings. The quantitative estimate of drug-likeness (QED) is 0.681. The molecule has 4 rings (SSSR count). The number of fused-ring (bicyclic) bond motifs is 1. The molecule has 0 unspecified atom stereocenters. The molecule has 2 aromatic heterocycles. The van der Waals surface area contributed by atoms with Crippen LogP contribution < -0.4 is 10.1 Å². The van der Waals surface area contributed by atoms with Gasteiger partial charge in [0.25, 0.3) is 0 Å². The molecule has 9 nitrogen and oxygen atoms in total. The number of hydrogen-bond acceptors (Lipinski definition) is 7. The molecule has 9 heteroatoms. The summed E-state index contributed by atoms with van der Waals surface area (Å²) in [4.78, 5) is 19.9. The number of carboxylic acids is 1. The molecule has 1 fully saturated rings. The van der Waals surface area contributed by atoms with Crippen LogP contribution in [0.3, 0.4) is 0 Å². The number of aromatic nitrogens is 5. The first-order valence-electron chi connectivity index (χ1n) is 8.95. The van der Waals surface area contributed by atoms with Crippen molar-refractivity contribution in [2.45, 2.75) is 32.2 Å². The molecule has 2 N–H and O–H groups in total. The summed E-state index contributed by atoms with van der Waals surface area (Å²) in [6.07, 6.45) is 3.65. The van der Waals surface area contributed by atoms with Crippen molar-refractivity contribution in [2.75, 3.05) is 11.9 Å². The first kappa shape index (κ1) is 17.2. The van der Waals surface area contributed by atoms with E-state index >= 15 is 0 Å². The van der Waals surface area contributed by atoms with Crippen LogP contribution in [0, 0.1) is 5.92 Å². The Bertz CT molecular complexity index is 955. The van der Waals surface area contributed by atoms with Crippen LogP contribution in [-0.2, 0) is 4.79 Å². The molecule has 0 bridgehead atoms. The Balaban J connectivity index is 1.57. The number of hydrogen-bond donors (Lipinski definition) is 2. The van der Waals surface area contributed by atoms with E-state index in [2.05, 4.69) is 25.6 Å². The lowest BCUT2D eigenvalue weighted by Gasteiger charge is -2.12. The molecule has 1 aliphatic rings. The van der Waals surface area contributed by atoms with Gasteiger partial charge in [0.2, 0.25) is 5.95 Å². The molecule has 0 amide bonds. The zero-order valence-electron chi connectivity index (χ0n) is 14.9. The van der Waals surface area contributed by atoms with Gasteiger partial charge in [0.05, 0.1) is 24.4 Å². The van der Waals surface area contributed by atoms with E-state index in [4.69, 9.17) is 9.84 Å². The average molecular weight is 368 g/mol. The van der Waals surface area contributed by atoms with Gasteiger partial charge in [-0.15, -0.1) is 5.10 Å². The number of rotatable bonds is 6. The Hall–Kier alpha value is -3.23. The number of nitrogens with zero attached hydrogens (tertiary/aromatic N) is 5. The van der Waals surface area contributed by atoms with Gasteiger partial charge in [-0.05, 0) is 50.5 Å². The van der Waals surface area contributed by atoms with E-state index in [0.29, 0.717) is 36.6 Å².